The van der Waals surface area contributed by atoms with Gasteiger partial charge in [0.15, 0.2) is 0 Å². The van der Waals surface area contributed by atoms with E-state index in [4.69, 9.17) is 21.4 Å². The van der Waals surface area contributed by atoms with Crippen LogP contribution in [-0.4, -0.2) is 16.7 Å². The molecule has 1 N–H and O–H groups in total. The maximum absolute atomic E-state index is 8.64. The number of hydrogen-bond donors (Lipinski definition) is 1. The van der Waals surface area contributed by atoms with Crippen molar-refractivity contribution in [1.82, 2.24) is 4.98 Å². The fourth-order valence-corrected chi connectivity index (χ4v) is 1.58. The smallest absolute Gasteiger partial charge is 0.139 e. The van der Waals surface area contributed by atoms with Crippen LogP contribution in [0.4, 0.5) is 0 Å². The third-order valence-corrected chi connectivity index (χ3v) is 2.60. The molecule has 1 heterocycles. The lowest BCUT2D eigenvalue weighted by Gasteiger charge is -2.06. The molecule has 0 atom stereocenters. The summed E-state index contributed by atoms with van der Waals surface area (Å²) in [7, 11) is 0. The molecule has 0 aliphatic heterocycles. The van der Waals surface area contributed by atoms with Gasteiger partial charge in [-0.25, -0.2) is 0 Å². The number of aliphatic hydroxyl groups is 1. The van der Waals surface area contributed by atoms with Crippen LogP contribution in [0, 0.1) is 11.8 Å². The summed E-state index contributed by atoms with van der Waals surface area (Å²) >= 11 is 5.81. The van der Waals surface area contributed by atoms with Crippen molar-refractivity contribution in [3.8, 4) is 17.6 Å². The molecule has 0 aliphatic carbocycles. The number of rotatable bonds is 3. The van der Waals surface area contributed by atoms with Crippen molar-refractivity contribution in [3.05, 3.63) is 58.9 Å². The number of nitrogens with zero attached hydrogens (tertiary/aromatic N) is 1. The Morgan fingerprint density at radius 3 is 2.74 bits per heavy atom. The number of aromatic nitrogens is 1. The minimum atomic E-state index is -0.171. The standard InChI is InChI=1S/C15H12ClNO2/c16-14-5-3-12(4-6-14)11-19-15-8-13(2-1-7-18)9-17-10-15/h3-6,8-10,18H,7,11H2. The van der Waals surface area contributed by atoms with Crippen LogP contribution in [-0.2, 0) is 6.61 Å². The Labute approximate surface area is 116 Å². The normalized spacial score (nSPS) is 9.58. The van der Waals surface area contributed by atoms with Gasteiger partial charge >= 0.3 is 0 Å². The fraction of sp³-hybridized carbons (Fsp3) is 0.133. The third kappa shape index (κ3) is 4.29. The third-order valence-electron chi connectivity index (χ3n) is 2.34. The lowest BCUT2D eigenvalue weighted by molar-refractivity contribution is 0.305. The highest BCUT2D eigenvalue weighted by molar-refractivity contribution is 6.30. The lowest BCUT2D eigenvalue weighted by atomic mass is 10.2. The number of benzene rings is 1. The molecular formula is C15H12ClNO2. The number of hydrogen-bond acceptors (Lipinski definition) is 3. The van der Waals surface area contributed by atoms with Crippen molar-refractivity contribution in [2.24, 2.45) is 0 Å². The second-order valence-electron chi connectivity index (χ2n) is 3.78. The summed E-state index contributed by atoms with van der Waals surface area (Å²) in [5, 5.41) is 9.34. The van der Waals surface area contributed by atoms with Crippen molar-refractivity contribution >= 4 is 11.6 Å². The predicted octanol–water partition coefficient (Wildman–Crippen LogP) is 2.66. The minimum absolute atomic E-state index is 0.171. The molecule has 0 spiro atoms. The maximum Gasteiger partial charge on any atom is 0.139 e. The monoisotopic (exact) mass is 273 g/mol. The molecule has 2 rings (SSSR count). The first-order valence-corrected chi connectivity index (χ1v) is 6.08. The van der Waals surface area contributed by atoms with E-state index < -0.39 is 0 Å². The molecule has 4 heteroatoms. The molecule has 0 fully saturated rings. The van der Waals surface area contributed by atoms with Crippen LogP contribution in [0.3, 0.4) is 0 Å². The quantitative estimate of drug-likeness (QED) is 0.875. The molecule has 3 nitrogen and oxygen atoms in total. The van der Waals surface area contributed by atoms with Gasteiger partial charge in [0.05, 0.1) is 6.20 Å². The molecule has 0 unspecified atom stereocenters. The first kappa shape index (κ1) is 13.4. The van der Waals surface area contributed by atoms with Gasteiger partial charge < -0.3 is 9.84 Å². The van der Waals surface area contributed by atoms with Crippen LogP contribution in [0.5, 0.6) is 5.75 Å². The molecular weight excluding hydrogens is 262 g/mol. The number of ether oxygens (including phenoxy) is 1. The van der Waals surface area contributed by atoms with E-state index in [-0.39, 0.29) is 6.61 Å². The van der Waals surface area contributed by atoms with E-state index in [0.29, 0.717) is 22.9 Å². The Morgan fingerprint density at radius 1 is 1.21 bits per heavy atom. The van der Waals surface area contributed by atoms with E-state index in [9.17, 15) is 0 Å². The molecule has 0 saturated carbocycles. The summed E-state index contributed by atoms with van der Waals surface area (Å²) in [6, 6.07) is 9.24. The largest absolute Gasteiger partial charge is 0.487 e. The predicted molar refractivity (Wildman–Crippen MR) is 74.0 cm³/mol. The van der Waals surface area contributed by atoms with Gasteiger partial charge in [-0.1, -0.05) is 35.6 Å². The first-order valence-electron chi connectivity index (χ1n) is 5.70. The zero-order valence-electron chi connectivity index (χ0n) is 10.1. The first-order chi connectivity index (χ1) is 9.28. The Kier molecular flexibility index (Phi) is 4.79. The van der Waals surface area contributed by atoms with E-state index in [1.54, 1.807) is 18.5 Å². The van der Waals surface area contributed by atoms with Gasteiger partial charge in [-0.2, -0.15) is 0 Å². The van der Waals surface area contributed by atoms with Gasteiger partial charge in [0.2, 0.25) is 0 Å². The van der Waals surface area contributed by atoms with Crippen molar-refractivity contribution < 1.29 is 9.84 Å². The number of pyridine rings is 1. The molecule has 0 aliphatic rings. The zero-order valence-corrected chi connectivity index (χ0v) is 10.9. The second kappa shape index (κ2) is 6.79. The number of halogens is 1. The van der Waals surface area contributed by atoms with Crippen molar-refractivity contribution in [2.45, 2.75) is 6.61 Å². The minimum Gasteiger partial charge on any atom is -0.487 e. The lowest BCUT2D eigenvalue weighted by Crippen LogP contribution is -1.96. The Morgan fingerprint density at radius 2 is 2.00 bits per heavy atom. The van der Waals surface area contributed by atoms with E-state index in [2.05, 4.69) is 16.8 Å². The molecule has 1 aromatic heterocycles. The Hall–Kier alpha value is -2.02. The van der Waals surface area contributed by atoms with Crippen LogP contribution in [0.2, 0.25) is 5.02 Å². The summed E-state index contributed by atoms with van der Waals surface area (Å²) in [6.07, 6.45) is 3.25. The van der Waals surface area contributed by atoms with E-state index in [0.717, 1.165) is 5.56 Å². The van der Waals surface area contributed by atoms with Gasteiger partial charge in [-0.15, -0.1) is 0 Å². The van der Waals surface area contributed by atoms with E-state index in [1.165, 1.54) is 0 Å². The molecule has 0 radical (unpaired) electrons. The topological polar surface area (TPSA) is 42.4 Å². The molecule has 2 aromatic rings. The summed E-state index contributed by atoms with van der Waals surface area (Å²) in [5.41, 5.74) is 1.74. The number of aliphatic hydroxyl groups excluding tert-OH is 1. The Bertz CT molecular complexity index is 600. The summed E-state index contributed by atoms with van der Waals surface area (Å²) in [4.78, 5) is 4.03. The summed E-state index contributed by atoms with van der Waals surface area (Å²) in [6.45, 7) is 0.269. The highest BCUT2D eigenvalue weighted by Crippen LogP contribution is 2.14. The summed E-state index contributed by atoms with van der Waals surface area (Å²) in [5.74, 6) is 5.99. The van der Waals surface area contributed by atoms with Crippen LogP contribution < -0.4 is 4.74 Å². The van der Waals surface area contributed by atoms with Gasteiger partial charge in [0.25, 0.3) is 0 Å². The second-order valence-corrected chi connectivity index (χ2v) is 4.22. The molecule has 1 aromatic carbocycles. The Balaban J connectivity index is 2.01. The highest BCUT2D eigenvalue weighted by atomic mass is 35.5. The fourth-order valence-electron chi connectivity index (χ4n) is 1.46. The van der Waals surface area contributed by atoms with Crippen molar-refractivity contribution in [1.29, 1.82) is 0 Å². The van der Waals surface area contributed by atoms with Crippen LogP contribution >= 0.6 is 11.6 Å². The maximum atomic E-state index is 8.64. The molecule has 0 amide bonds. The molecule has 0 bridgehead atoms. The molecule has 19 heavy (non-hydrogen) atoms. The van der Waals surface area contributed by atoms with Crippen molar-refractivity contribution in [2.75, 3.05) is 6.61 Å². The van der Waals surface area contributed by atoms with Crippen molar-refractivity contribution in [3.63, 3.8) is 0 Å². The van der Waals surface area contributed by atoms with Crippen LogP contribution in [0.1, 0.15) is 11.1 Å². The molecule has 96 valence electrons. The zero-order chi connectivity index (χ0) is 13.5. The van der Waals surface area contributed by atoms with Gasteiger partial charge in [-0.3, -0.25) is 4.98 Å². The summed E-state index contributed by atoms with van der Waals surface area (Å²) < 4.78 is 5.62. The average molecular weight is 274 g/mol. The SMILES string of the molecule is OCC#Cc1cncc(OCc2ccc(Cl)cc2)c1. The molecule has 0 saturated heterocycles. The van der Waals surface area contributed by atoms with Crippen LogP contribution in [0.25, 0.3) is 0 Å². The average Bonchev–Trinajstić information content (AvgIpc) is 2.45. The van der Waals surface area contributed by atoms with Gasteiger partial charge in [-0.05, 0) is 23.8 Å². The van der Waals surface area contributed by atoms with Gasteiger partial charge in [0, 0.05) is 16.8 Å². The highest BCUT2D eigenvalue weighted by Gasteiger charge is 1.98. The van der Waals surface area contributed by atoms with E-state index >= 15 is 0 Å². The van der Waals surface area contributed by atoms with Crippen LogP contribution in [0.15, 0.2) is 42.7 Å². The van der Waals surface area contributed by atoms with E-state index in [1.807, 2.05) is 24.3 Å². The van der Waals surface area contributed by atoms with Gasteiger partial charge in [0.1, 0.15) is 19.0 Å².